The topological polar surface area (TPSA) is 155 Å². The van der Waals surface area contributed by atoms with Crippen LogP contribution in [-0.4, -0.2) is 66.5 Å². The molecule has 0 amide bonds. The first-order valence-corrected chi connectivity index (χ1v) is 33.4. The SMILES string of the molecule is CC/C=C\C/C=C\C/C=C\CCCCCC(=O)OC(CO)COP(=O)(O)OCC(COC(=O)CCCCCCCCCCCCCCCCCCCCC)OC(=O)CCCCCCCCCCCCCCCCCCC. The second-order valence-corrected chi connectivity index (χ2v) is 23.0. The molecule has 3 atom stereocenters. The lowest BCUT2D eigenvalue weighted by atomic mass is 10.0. The normalized spacial score (nSPS) is 13.5. The number of phosphoric ester groups is 1. The van der Waals surface area contributed by atoms with E-state index in [1.54, 1.807) is 0 Å². The lowest BCUT2D eigenvalue weighted by Gasteiger charge is -2.21. The summed E-state index contributed by atoms with van der Waals surface area (Å²) in [5.41, 5.74) is 0. The fourth-order valence-corrected chi connectivity index (χ4v) is 10.0. The molecule has 0 aliphatic heterocycles. The molecule has 3 unspecified atom stereocenters. The number of hydrogen-bond donors (Lipinski definition) is 2. The summed E-state index contributed by atoms with van der Waals surface area (Å²) in [5, 5.41) is 9.82. The van der Waals surface area contributed by atoms with Crippen molar-refractivity contribution in [3.8, 4) is 0 Å². The van der Waals surface area contributed by atoms with Gasteiger partial charge in [0.25, 0.3) is 0 Å². The van der Waals surface area contributed by atoms with Crippen LogP contribution in [0.15, 0.2) is 36.5 Å². The number of rotatable bonds is 60. The summed E-state index contributed by atoms with van der Waals surface area (Å²) in [4.78, 5) is 48.7. The van der Waals surface area contributed by atoms with Crippen LogP contribution in [0.4, 0.5) is 0 Å². The molecule has 11 nitrogen and oxygen atoms in total. The average Bonchev–Trinajstić information content (AvgIpc) is 3.41. The molecule has 0 bridgehead atoms. The zero-order valence-corrected chi connectivity index (χ0v) is 50.4. The van der Waals surface area contributed by atoms with E-state index in [0.717, 1.165) is 77.0 Å². The van der Waals surface area contributed by atoms with E-state index in [9.17, 15) is 28.9 Å². The fraction of sp³-hybridized carbons (Fsp3) is 0.859. The number of aliphatic hydroxyl groups is 1. The van der Waals surface area contributed by atoms with Gasteiger partial charge in [-0.25, -0.2) is 4.57 Å². The molecule has 2 N–H and O–H groups in total. The van der Waals surface area contributed by atoms with E-state index in [1.807, 2.05) is 0 Å². The zero-order valence-electron chi connectivity index (χ0n) is 49.5. The van der Waals surface area contributed by atoms with Crippen molar-refractivity contribution in [2.75, 3.05) is 26.4 Å². The van der Waals surface area contributed by atoms with Gasteiger partial charge < -0.3 is 24.2 Å². The van der Waals surface area contributed by atoms with Crippen LogP contribution < -0.4 is 0 Å². The zero-order chi connectivity index (χ0) is 55.5. The highest BCUT2D eigenvalue weighted by Crippen LogP contribution is 2.43. The summed E-state index contributed by atoms with van der Waals surface area (Å²) >= 11 is 0. The van der Waals surface area contributed by atoms with Crippen LogP contribution in [-0.2, 0) is 42.2 Å². The molecule has 0 fully saturated rings. The van der Waals surface area contributed by atoms with Gasteiger partial charge in [-0.3, -0.25) is 23.4 Å². The van der Waals surface area contributed by atoms with E-state index < -0.39 is 57.8 Å². The van der Waals surface area contributed by atoms with Crippen molar-refractivity contribution in [2.45, 2.75) is 328 Å². The summed E-state index contributed by atoms with van der Waals surface area (Å²) in [7, 11) is -4.75. The Bertz CT molecular complexity index is 1420. The van der Waals surface area contributed by atoms with E-state index in [0.29, 0.717) is 19.3 Å². The molecular formula is C64H119O11P. The van der Waals surface area contributed by atoms with Crippen molar-refractivity contribution in [1.29, 1.82) is 0 Å². The maximum absolute atomic E-state index is 12.9. The average molecular weight is 1100 g/mol. The minimum absolute atomic E-state index is 0.145. The minimum atomic E-state index is -4.75. The molecule has 0 aromatic heterocycles. The first-order valence-electron chi connectivity index (χ1n) is 31.9. The molecule has 0 aliphatic carbocycles. The van der Waals surface area contributed by atoms with E-state index in [2.05, 4.69) is 57.2 Å². The second kappa shape index (κ2) is 58.8. The number of aliphatic hydroxyl groups excluding tert-OH is 1. The molecule has 12 heteroatoms. The van der Waals surface area contributed by atoms with Crippen molar-refractivity contribution in [3.63, 3.8) is 0 Å². The Kier molecular flexibility index (Phi) is 57.1. The molecule has 76 heavy (non-hydrogen) atoms. The number of allylic oxidation sites excluding steroid dienone is 6. The van der Waals surface area contributed by atoms with Gasteiger partial charge in [-0.2, -0.15) is 0 Å². The Hall–Kier alpha value is -2.30. The number of esters is 3. The molecule has 0 heterocycles. The Morgan fingerprint density at radius 2 is 0.684 bits per heavy atom. The quantitative estimate of drug-likeness (QED) is 0.0197. The molecular weight excluding hydrogens is 976 g/mol. The lowest BCUT2D eigenvalue weighted by molar-refractivity contribution is -0.161. The monoisotopic (exact) mass is 1090 g/mol. The Morgan fingerprint density at radius 1 is 0.382 bits per heavy atom. The second-order valence-electron chi connectivity index (χ2n) is 21.6. The number of hydrogen-bond acceptors (Lipinski definition) is 10. The van der Waals surface area contributed by atoms with Gasteiger partial charge in [0.2, 0.25) is 0 Å². The molecule has 0 saturated heterocycles. The molecule has 0 rings (SSSR count). The van der Waals surface area contributed by atoms with Crippen LogP contribution in [0.1, 0.15) is 316 Å². The van der Waals surface area contributed by atoms with Gasteiger partial charge in [-0.05, 0) is 51.4 Å². The summed E-state index contributed by atoms with van der Waals surface area (Å²) < 4.78 is 39.6. The largest absolute Gasteiger partial charge is 0.472 e. The van der Waals surface area contributed by atoms with Crippen LogP contribution in [0, 0.1) is 0 Å². The first kappa shape index (κ1) is 73.7. The van der Waals surface area contributed by atoms with Crippen molar-refractivity contribution in [1.82, 2.24) is 0 Å². The minimum Gasteiger partial charge on any atom is -0.462 e. The molecule has 446 valence electrons. The Balaban J connectivity index is 4.67. The van der Waals surface area contributed by atoms with Gasteiger partial charge in [-0.15, -0.1) is 0 Å². The van der Waals surface area contributed by atoms with Gasteiger partial charge in [0.1, 0.15) is 12.7 Å². The molecule has 0 aromatic rings. The van der Waals surface area contributed by atoms with Crippen LogP contribution in [0.3, 0.4) is 0 Å². The number of ether oxygens (including phenoxy) is 3. The van der Waals surface area contributed by atoms with Gasteiger partial charge in [0.05, 0.1) is 19.8 Å². The van der Waals surface area contributed by atoms with E-state index in [4.69, 9.17) is 23.3 Å². The van der Waals surface area contributed by atoms with Gasteiger partial charge in [0.15, 0.2) is 6.10 Å². The maximum atomic E-state index is 12.9. The third kappa shape index (κ3) is 56.4. The smallest absolute Gasteiger partial charge is 0.462 e. The molecule has 0 aromatic carbocycles. The van der Waals surface area contributed by atoms with Crippen molar-refractivity contribution in [3.05, 3.63) is 36.5 Å². The van der Waals surface area contributed by atoms with Crippen LogP contribution in [0.25, 0.3) is 0 Å². The highest BCUT2D eigenvalue weighted by atomic mass is 31.2. The van der Waals surface area contributed by atoms with E-state index >= 15 is 0 Å². The summed E-state index contributed by atoms with van der Waals surface area (Å²) in [6.45, 7) is 4.57. The molecule has 0 radical (unpaired) electrons. The predicted molar refractivity (Wildman–Crippen MR) is 316 cm³/mol. The lowest BCUT2D eigenvalue weighted by Crippen LogP contribution is -2.30. The molecule has 0 aliphatic rings. The fourth-order valence-electron chi connectivity index (χ4n) is 9.26. The summed E-state index contributed by atoms with van der Waals surface area (Å²) in [6.07, 6.45) is 62.5. The van der Waals surface area contributed by atoms with Crippen molar-refractivity contribution < 1.29 is 52.2 Å². The number of carbonyl (C=O) groups is 3. The highest BCUT2D eigenvalue weighted by molar-refractivity contribution is 7.47. The highest BCUT2D eigenvalue weighted by Gasteiger charge is 2.28. The number of phosphoric acid groups is 1. The predicted octanol–water partition coefficient (Wildman–Crippen LogP) is 19.2. The number of carbonyl (C=O) groups excluding carboxylic acids is 3. The van der Waals surface area contributed by atoms with E-state index in [-0.39, 0.29) is 25.9 Å². The third-order valence-corrected chi connectivity index (χ3v) is 15.0. The summed E-state index contributed by atoms with van der Waals surface area (Å²) in [6, 6.07) is 0. The number of unbranched alkanes of at least 4 members (excludes halogenated alkanes) is 37. The van der Waals surface area contributed by atoms with Gasteiger partial charge >= 0.3 is 25.7 Å². The molecule has 0 spiro atoms. The van der Waals surface area contributed by atoms with Gasteiger partial charge in [0, 0.05) is 19.3 Å². The molecule has 0 saturated carbocycles. The standard InChI is InChI=1S/C64H119O11P/c1-4-7-10-13-16-19-22-25-27-29-30-32-33-36-38-41-44-47-50-53-62(66)71-57-61(75-64(68)55-52-49-46-43-40-37-34-31-28-26-23-20-17-14-11-8-5-2)59-73-76(69,70)72-58-60(56-65)74-63(67)54-51-48-45-42-39-35-24-21-18-15-12-9-6-3/h9,12,18,21,35,39,60-61,65H,4-8,10-11,13-17,19-20,22-34,36-38,40-59H2,1-3H3,(H,69,70)/b12-9-,21-18-,39-35-. The van der Waals surface area contributed by atoms with Crippen LogP contribution in [0.2, 0.25) is 0 Å². The van der Waals surface area contributed by atoms with Crippen molar-refractivity contribution in [2.24, 2.45) is 0 Å². The van der Waals surface area contributed by atoms with Crippen LogP contribution in [0.5, 0.6) is 0 Å². The first-order chi connectivity index (χ1) is 37.2. The van der Waals surface area contributed by atoms with Crippen LogP contribution >= 0.6 is 7.82 Å². The Labute approximate surface area is 467 Å². The Morgan fingerprint density at radius 3 is 1.05 bits per heavy atom. The summed E-state index contributed by atoms with van der Waals surface area (Å²) in [5.74, 6) is -1.47. The third-order valence-electron chi connectivity index (χ3n) is 14.1. The van der Waals surface area contributed by atoms with E-state index in [1.165, 1.54) is 180 Å². The van der Waals surface area contributed by atoms with Crippen molar-refractivity contribution >= 4 is 25.7 Å². The maximum Gasteiger partial charge on any atom is 0.472 e. The van der Waals surface area contributed by atoms with Gasteiger partial charge in [-0.1, -0.05) is 282 Å².